The molecular formula is C4H7N3O2. The highest BCUT2D eigenvalue weighted by Crippen LogP contribution is 1.91. The molecule has 1 N–H and O–H groups in total. The molecule has 1 aromatic heterocycles. The van der Waals surface area contributed by atoms with Crippen molar-refractivity contribution in [1.82, 2.24) is 9.78 Å². The van der Waals surface area contributed by atoms with Crippen molar-refractivity contribution >= 4 is 6.01 Å². The summed E-state index contributed by atoms with van der Waals surface area (Å²) in [6, 6.07) is 0.238. The molecule has 0 aliphatic rings. The van der Waals surface area contributed by atoms with Gasteiger partial charge in [-0.2, -0.15) is 4.68 Å². The normalized spacial score (nSPS) is 9.56. The minimum atomic E-state index is -0.459. The number of hydrogen-bond acceptors (Lipinski definition) is 4. The monoisotopic (exact) mass is 129 g/mol. The van der Waals surface area contributed by atoms with E-state index in [4.69, 9.17) is 0 Å². The number of hydrogen-bond donors (Lipinski definition) is 1. The summed E-state index contributed by atoms with van der Waals surface area (Å²) >= 11 is 0. The average Bonchev–Trinajstić information content (AvgIpc) is 2.13. The van der Waals surface area contributed by atoms with Crippen LogP contribution in [0, 0.1) is 0 Å². The summed E-state index contributed by atoms with van der Waals surface area (Å²) in [6.45, 7) is 0. The smallest absolute Gasteiger partial charge is 0.373 e. The van der Waals surface area contributed by atoms with Crippen LogP contribution >= 0.6 is 0 Å². The van der Waals surface area contributed by atoms with Gasteiger partial charge in [-0.3, -0.25) is 0 Å². The van der Waals surface area contributed by atoms with E-state index in [2.05, 4.69) is 14.8 Å². The third-order valence-corrected chi connectivity index (χ3v) is 0.903. The van der Waals surface area contributed by atoms with Crippen LogP contribution < -0.4 is 11.1 Å². The summed E-state index contributed by atoms with van der Waals surface area (Å²) in [7, 11) is 3.15. The van der Waals surface area contributed by atoms with E-state index in [0.717, 1.165) is 4.68 Å². The second-order valence-corrected chi connectivity index (χ2v) is 1.55. The summed E-state index contributed by atoms with van der Waals surface area (Å²) in [5.74, 6) is -0.459. The lowest BCUT2D eigenvalue weighted by Gasteiger charge is -1.82. The molecule has 9 heavy (non-hydrogen) atoms. The maximum absolute atomic E-state index is 10.5. The van der Waals surface area contributed by atoms with Crippen molar-refractivity contribution in [3.05, 3.63) is 10.6 Å². The minimum Gasteiger partial charge on any atom is -0.373 e. The molecule has 0 spiro atoms. The summed E-state index contributed by atoms with van der Waals surface area (Å²) in [4.78, 5) is 10.5. The standard InChI is InChI=1S/C4H7N3O2/c1-5-3-6-7(2)4(8)9-3/h1-2H3,(H,5,6). The fourth-order valence-corrected chi connectivity index (χ4v) is 0.447. The maximum atomic E-state index is 10.5. The predicted molar refractivity (Wildman–Crippen MR) is 31.3 cm³/mol. The Balaban J connectivity index is 3.13. The Kier molecular flexibility index (Phi) is 1.26. The largest absolute Gasteiger partial charge is 0.438 e. The molecule has 0 unspecified atom stereocenters. The number of nitrogens with zero attached hydrogens (tertiary/aromatic N) is 2. The average molecular weight is 129 g/mol. The number of rotatable bonds is 1. The molecular weight excluding hydrogens is 122 g/mol. The van der Waals surface area contributed by atoms with Gasteiger partial charge in [-0.1, -0.05) is 0 Å². The van der Waals surface area contributed by atoms with Crippen molar-refractivity contribution in [2.24, 2.45) is 7.05 Å². The highest BCUT2D eigenvalue weighted by Gasteiger charge is 1.98. The van der Waals surface area contributed by atoms with Crippen molar-refractivity contribution in [2.45, 2.75) is 0 Å². The first kappa shape index (κ1) is 5.87. The molecule has 5 nitrogen and oxygen atoms in total. The fourth-order valence-electron chi connectivity index (χ4n) is 0.447. The highest BCUT2D eigenvalue weighted by molar-refractivity contribution is 5.12. The Hall–Kier alpha value is -1.26. The fraction of sp³-hybridized carbons (Fsp3) is 0.500. The van der Waals surface area contributed by atoms with E-state index in [1.54, 1.807) is 7.05 Å². The Morgan fingerprint density at radius 2 is 2.44 bits per heavy atom. The van der Waals surface area contributed by atoms with Gasteiger partial charge in [0, 0.05) is 14.1 Å². The van der Waals surface area contributed by atoms with E-state index in [-0.39, 0.29) is 6.01 Å². The lowest BCUT2D eigenvalue weighted by Crippen LogP contribution is -2.09. The lowest BCUT2D eigenvalue weighted by atomic mass is 11.1. The Morgan fingerprint density at radius 1 is 1.78 bits per heavy atom. The molecule has 0 saturated heterocycles. The lowest BCUT2D eigenvalue weighted by molar-refractivity contribution is 0.506. The molecule has 0 radical (unpaired) electrons. The van der Waals surface area contributed by atoms with E-state index in [1.807, 2.05) is 0 Å². The van der Waals surface area contributed by atoms with Crippen LogP contribution in [0.1, 0.15) is 0 Å². The molecule has 0 amide bonds. The minimum absolute atomic E-state index is 0.238. The van der Waals surface area contributed by atoms with Crippen molar-refractivity contribution in [3.8, 4) is 0 Å². The van der Waals surface area contributed by atoms with E-state index >= 15 is 0 Å². The van der Waals surface area contributed by atoms with Crippen molar-refractivity contribution < 1.29 is 4.42 Å². The van der Waals surface area contributed by atoms with Crippen LogP contribution in [0.5, 0.6) is 0 Å². The molecule has 5 heteroatoms. The number of nitrogens with one attached hydrogen (secondary N) is 1. The maximum Gasteiger partial charge on any atom is 0.438 e. The van der Waals surface area contributed by atoms with Gasteiger partial charge in [-0.15, -0.1) is 5.10 Å². The molecule has 0 bridgehead atoms. The SMILES string of the molecule is CNc1nn(C)c(=O)o1. The molecule has 50 valence electrons. The number of aryl methyl sites for hydroxylation is 1. The van der Waals surface area contributed by atoms with Crippen LogP contribution in [0.15, 0.2) is 9.21 Å². The predicted octanol–water partition coefficient (Wildman–Crippen LogP) is -0.585. The molecule has 0 aliphatic heterocycles. The van der Waals surface area contributed by atoms with Gasteiger partial charge in [-0.05, 0) is 0 Å². The molecule has 0 aromatic carbocycles. The number of aromatic nitrogens is 2. The molecule has 0 fully saturated rings. The van der Waals surface area contributed by atoms with Crippen molar-refractivity contribution in [2.75, 3.05) is 12.4 Å². The van der Waals surface area contributed by atoms with Crippen molar-refractivity contribution in [3.63, 3.8) is 0 Å². The zero-order chi connectivity index (χ0) is 6.85. The summed E-state index contributed by atoms with van der Waals surface area (Å²) in [6.07, 6.45) is 0. The highest BCUT2D eigenvalue weighted by atomic mass is 16.4. The molecule has 1 rings (SSSR count). The second-order valence-electron chi connectivity index (χ2n) is 1.55. The van der Waals surface area contributed by atoms with Crippen LogP contribution in [0.4, 0.5) is 6.01 Å². The zero-order valence-corrected chi connectivity index (χ0v) is 5.21. The van der Waals surface area contributed by atoms with Crippen LogP contribution in [0.25, 0.3) is 0 Å². The van der Waals surface area contributed by atoms with Gasteiger partial charge in [0.05, 0.1) is 0 Å². The van der Waals surface area contributed by atoms with Crippen LogP contribution in [-0.4, -0.2) is 16.8 Å². The third kappa shape index (κ3) is 0.933. The quantitative estimate of drug-likeness (QED) is 0.550. The first-order valence-electron chi connectivity index (χ1n) is 2.46. The van der Waals surface area contributed by atoms with Gasteiger partial charge in [0.25, 0.3) is 0 Å². The van der Waals surface area contributed by atoms with E-state index < -0.39 is 5.76 Å². The Bertz CT molecular complexity index is 249. The van der Waals surface area contributed by atoms with E-state index in [1.165, 1.54) is 7.05 Å². The molecule has 1 aromatic rings. The topological polar surface area (TPSA) is 60.1 Å². The van der Waals surface area contributed by atoms with E-state index in [9.17, 15) is 4.79 Å². The Labute approximate surface area is 51.3 Å². The number of anilines is 1. The first-order chi connectivity index (χ1) is 4.24. The summed E-state index contributed by atoms with van der Waals surface area (Å²) in [5.41, 5.74) is 0. The van der Waals surface area contributed by atoms with Gasteiger partial charge in [0.15, 0.2) is 0 Å². The van der Waals surface area contributed by atoms with Gasteiger partial charge in [-0.25, -0.2) is 4.79 Å². The van der Waals surface area contributed by atoms with Crippen molar-refractivity contribution in [1.29, 1.82) is 0 Å². The van der Waals surface area contributed by atoms with Gasteiger partial charge in [0.1, 0.15) is 0 Å². The van der Waals surface area contributed by atoms with Gasteiger partial charge in [0.2, 0.25) is 0 Å². The van der Waals surface area contributed by atoms with Crippen LogP contribution in [0.3, 0.4) is 0 Å². The van der Waals surface area contributed by atoms with Crippen LogP contribution in [-0.2, 0) is 7.05 Å². The third-order valence-electron chi connectivity index (χ3n) is 0.903. The zero-order valence-electron chi connectivity index (χ0n) is 5.21. The summed E-state index contributed by atoms with van der Waals surface area (Å²) in [5, 5.41) is 6.25. The van der Waals surface area contributed by atoms with Gasteiger partial charge >= 0.3 is 11.8 Å². The summed E-state index contributed by atoms with van der Waals surface area (Å²) < 4.78 is 5.67. The molecule has 0 atom stereocenters. The molecule has 0 aliphatic carbocycles. The van der Waals surface area contributed by atoms with E-state index in [0.29, 0.717) is 0 Å². The van der Waals surface area contributed by atoms with Gasteiger partial charge < -0.3 is 9.73 Å². The Morgan fingerprint density at radius 3 is 2.67 bits per heavy atom. The van der Waals surface area contributed by atoms with Crippen LogP contribution in [0.2, 0.25) is 0 Å². The molecule has 0 saturated carbocycles. The first-order valence-corrected chi connectivity index (χ1v) is 2.46. The second kappa shape index (κ2) is 1.93. The molecule has 1 heterocycles.